The van der Waals surface area contributed by atoms with Crippen molar-refractivity contribution in [1.82, 2.24) is 10.6 Å². The van der Waals surface area contributed by atoms with Crippen molar-refractivity contribution >= 4 is 11.9 Å². The van der Waals surface area contributed by atoms with Gasteiger partial charge in [-0.3, -0.25) is 4.79 Å². The van der Waals surface area contributed by atoms with Crippen LogP contribution in [0, 0.1) is 6.92 Å². The van der Waals surface area contributed by atoms with Gasteiger partial charge in [-0.15, -0.1) is 0 Å². The fourth-order valence-corrected chi connectivity index (χ4v) is 1.67. The standard InChI is InChI=1S/C14H22N2O4/c1-4-9(2)16-13(17)5-6-15-8-11-7-12(14(18)19)20-10(11)3/h7,9,15H,4-6,8H2,1-3H3,(H,16,17)(H,18,19). The van der Waals surface area contributed by atoms with E-state index >= 15 is 0 Å². The molecule has 1 amide bonds. The second-order valence-corrected chi connectivity index (χ2v) is 4.80. The number of hydrogen-bond donors (Lipinski definition) is 3. The van der Waals surface area contributed by atoms with Gasteiger partial charge in [0.1, 0.15) is 5.76 Å². The van der Waals surface area contributed by atoms with E-state index in [9.17, 15) is 9.59 Å². The highest BCUT2D eigenvalue weighted by Crippen LogP contribution is 2.14. The number of carbonyl (C=O) groups is 2. The van der Waals surface area contributed by atoms with Crippen molar-refractivity contribution in [2.24, 2.45) is 0 Å². The van der Waals surface area contributed by atoms with E-state index in [2.05, 4.69) is 10.6 Å². The number of aromatic carboxylic acids is 1. The predicted molar refractivity (Wildman–Crippen MR) is 74.6 cm³/mol. The lowest BCUT2D eigenvalue weighted by atomic mass is 10.2. The molecule has 1 aromatic heterocycles. The minimum atomic E-state index is -1.08. The fourth-order valence-electron chi connectivity index (χ4n) is 1.67. The molecule has 0 spiro atoms. The molecule has 0 aliphatic rings. The molecule has 6 heteroatoms. The molecular formula is C14H22N2O4. The molecule has 0 fully saturated rings. The zero-order valence-corrected chi connectivity index (χ0v) is 12.2. The van der Waals surface area contributed by atoms with Crippen molar-refractivity contribution in [3.63, 3.8) is 0 Å². The van der Waals surface area contributed by atoms with Gasteiger partial charge in [-0.1, -0.05) is 6.92 Å². The van der Waals surface area contributed by atoms with Gasteiger partial charge in [0.15, 0.2) is 0 Å². The van der Waals surface area contributed by atoms with Crippen LogP contribution in [-0.2, 0) is 11.3 Å². The van der Waals surface area contributed by atoms with Crippen LogP contribution in [0.1, 0.15) is 48.6 Å². The smallest absolute Gasteiger partial charge is 0.371 e. The summed E-state index contributed by atoms with van der Waals surface area (Å²) >= 11 is 0. The van der Waals surface area contributed by atoms with E-state index in [1.54, 1.807) is 6.92 Å². The van der Waals surface area contributed by atoms with Crippen LogP contribution >= 0.6 is 0 Å². The summed E-state index contributed by atoms with van der Waals surface area (Å²) in [6.45, 7) is 6.73. The third-order valence-electron chi connectivity index (χ3n) is 3.10. The minimum Gasteiger partial charge on any atom is -0.475 e. The summed E-state index contributed by atoms with van der Waals surface area (Å²) in [5, 5.41) is 14.8. The molecule has 0 aliphatic heterocycles. The number of amides is 1. The van der Waals surface area contributed by atoms with Gasteiger partial charge in [0, 0.05) is 31.1 Å². The lowest BCUT2D eigenvalue weighted by Gasteiger charge is -2.11. The molecule has 0 aliphatic carbocycles. The molecule has 112 valence electrons. The largest absolute Gasteiger partial charge is 0.475 e. The molecule has 1 rings (SSSR count). The summed E-state index contributed by atoms with van der Waals surface area (Å²) in [5.74, 6) is -0.540. The zero-order valence-electron chi connectivity index (χ0n) is 12.2. The molecule has 0 saturated heterocycles. The Morgan fingerprint density at radius 2 is 2.15 bits per heavy atom. The number of hydrogen-bond acceptors (Lipinski definition) is 4. The number of aryl methyl sites for hydroxylation is 1. The normalized spacial score (nSPS) is 12.2. The maximum absolute atomic E-state index is 11.5. The maximum Gasteiger partial charge on any atom is 0.371 e. The number of rotatable bonds is 8. The van der Waals surface area contributed by atoms with Gasteiger partial charge in [-0.25, -0.2) is 4.79 Å². The summed E-state index contributed by atoms with van der Waals surface area (Å²) in [4.78, 5) is 22.3. The van der Waals surface area contributed by atoms with Gasteiger partial charge in [0.2, 0.25) is 11.7 Å². The Morgan fingerprint density at radius 3 is 2.70 bits per heavy atom. The number of carboxylic acid groups (broad SMARTS) is 1. The van der Waals surface area contributed by atoms with E-state index in [1.807, 2.05) is 13.8 Å². The number of nitrogens with one attached hydrogen (secondary N) is 2. The van der Waals surface area contributed by atoms with Crippen LogP contribution in [0.4, 0.5) is 0 Å². The molecule has 1 aromatic rings. The first-order valence-electron chi connectivity index (χ1n) is 6.76. The number of carboxylic acids is 1. The molecule has 0 bridgehead atoms. The molecule has 1 unspecified atom stereocenters. The van der Waals surface area contributed by atoms with Gasteiger partial charge in [-0.05, 0) is 26.3 Å². The first kappa shape index (κ1) is 16.2. The van der Waals surface area contributed by atoms with Gasteiger partial charge in [0.25, 0.3) is 0 Å². The highest BCUT2D eigenvalue weighted by Gasteiger charge is 2.12. The lowest BCUT2D eigenvalue weighted by molar-refractivity contribution is -0.121. The summed E-state index contributed by atoms with van der Waals surface area (Å²) in [6, 6.07) is 1.70. The molecular weight excluding hydrogens is 260 g/mol. The van der Waals surface area contributed by atoms with E-state index in [0.717, 1.165) is 12.0 Å². The first-order valence-corrected chi connectivity index (χ1v) is 6.76. The van der Waals surface area contributed by atoms with E-state index in [-0.39, 0.29) is 17.7 Å². The Bertz CT molecular complexity index is 468. The van der Waals surface area contributed by atoms with Crippen LogP contribution < -0.4 is 10.6 Å². The van der Waals surface area contributed by atoms with Gasteiger partial charge >= 0.3 is 5.97 Å². The summed E-state index contributed by atoms with van der Waals surface area (Å²) in [7, 11) is 0. The molecule has 1 heterocycles. The van der Waals surface area contributed by atoms with Crippen molar-refractivity contribution in [2.45, 2.75) is 46.2 Å². The molecule has 20 heavy (non-hydrogen) atoms. The fraction of sp³-hybridized carbons (Fsp3) is 0.571. The van der Waals surface area contributed by atoms with Crippen LogP contribution in [0.2, 0.25) is 0 Å². The third kappa shape index (κ3) is 5.05. The number of carbonyl (C=O) groups excluding carboxylic acids is 1. The van der Waals surface area contributed by atoms with E-state index in [1.165, 1.54) is 6.07 Å². The monoisotopic (exact) mass is 282 g/mol. The number of furan rings is 1. The van der Waals surface area contributed by atoms with Crippen LogP contribution in [0.5, 0.6) is 0 Å². The van der Waals surface area contributed by atoms with Crippen LogP contribution in [0.25, 0.3) is 0 Å². The van der Waals surface area contributed by atoms with Crippen molar-refractivity contribution in [2.75, 3.05) is 6.54 Å². The minimum absolute atomic E-state index is 0.0157. The van der Waals surface area contributed by atoms with Crippen LogP contribution in [-0.4, -0.2) is 29.6 Å². The quantitative estimate of drug-likeness (QED) is 0.631. The Balaban J connectivity index is 2.31. The van der Waals surface area contributed by atoms with Crippen LogP contribution in [0.15, 0.2) is 10.5 Å². The van der Waals surface area contributed by atoms with E-state index in [4.69, 9.17) is 9.52 Å². The van der Waals surface area contributed by atoms with Crippen molar-refractivity contribution in [3.8, 4) is 0 Å². The topological polar surface area (TPSA) is 91.6 Å². The molecule has 1 atom stereocenters. The summed E-state index contributed by atoms with van der Waals surface area (Å²) in [6.07, 6.45) is 1.30. The van der Waals surface area contributed by atoms with Crippen molar-refractivity contribution in [3.05, 3.63) is 23.2 Å². The third-order valence-corrected chi connectivity index (χ3v) is 3.10. The average Bonchev–Trinajstić information content (AvgIpc) is 2.76. The van der Waals surface area contributed by atoms with E-state index < -0.39 is 5.97 Å². The zero-order chi connectivity index (χ0) is 15.1. The van der Waals surface area contributed by atoms with Crippen molar-refractivity contribution in [1.29, 1.82) is 0 Å². The first-order chi connectivity index (χ1) is 9.43. The second kappa shape index (κ2) is 7.69. The SMILES string of the molecule is CCC(C)NC(=O)CCNCc1cc(C(=O)O)oc1C. The van der Waals surface area contributed by atoms with Crippen molar-refractivity contribution < 1.29 is 19.1 Å². The highest BCUT2D eigenvalue weighted by molar-refractivity contribution is 5.84. The Kier molecular flexibility index (Phi) is 6.24. The second-order valence-electron chi connectivity index (χ2n) is 4.80. The Morgan fingerprint density at radius 1 is 1.45 bits per heavy atom. The average molecular weight is 282 g/mol. The molecule has 3 N–H and O–H groups in total. The Hall–Kier alpha value is -1.82. The van der Waals surface area contributed by atoms with E-state index in [0.29, 0.717) is 25.3 Å². The summed E-state index contributed by atoms with van der Waals surface area (Å²) < 4.78 is 5.10. The Labute approximate surface area is 118 Å². The van der Waals surface area contributed by atoms with Gasteiger partial charge in [-0.2, -0.15) is 0 Å². The van der Waals surface area contributed by atoms with Crippen LogP contribution in [0.3, 0.4) is 0 Å². The predicted octanol–water partition coefficient (Wildman–Crippen LogP) is 1.68. The molecule has 0 aromatic carbocycles. The summed E-state index contributed by atoms with van der Waals surface area (Å²) in [5.41, 5.74) is 0.796. The van der Waals surface area contributed by atoms with Gasteiger partial charge in [0.05, 0.1) is 0 Å². The maximum atomic E-state index is 11.5. The highest BCUT2D eigenvalue weighted by atomic mass is 16.4. The molecule has 0 saturated carbocycles. The van der Waals surface area contributed by atoms with Gasteiger partial charge < -0.3 is 20.2 Å². The molecule has 6 nitrogen and oxygen atoms in total. The molecule has 0 radical (unpaired) electrons. The lowest BCUT2D eigenvalue weighted by Crippen LogP contribution is -2.33.